The molecule has 0 radical (unpaired) electrons. The second kappa shape index (κ2) is 6.24. The summed E-state index contributed by atoms with van der Waals surface area (Å²) >= 11 is 0. The van der Waals surface area contributed by atoms with Gasteiger partial charge in [-0.2, -0.15) is 0 Å². The Morgan fingerprint density at radius 1 is 1.15 bits per heavy atom. The molecule has 3 nitrogen and oxygen atoms in total. The largest absolute Gasteiger partial charge is 0.398 e. The Labute approximate surface area is 120 Å². The molecule has 0 aliphatic carbocycles. The van der Waals surface area contributed by atoms with Crippen molar-refractivity contribution in [3.63, 3.8) is 0 Å². The van der Waals surface area contributed by atoms with Gasteiger partial charge in [-0.3, -0.25) is 4.79 Å². The van der Waals surface area contributed by atoms with E-state index in [-0.39, 0.29) is 5.91 Å². The van der Waals surface area contributed by atoms with Crippen LogP contribution in [0.4, 0.5) is 5.69 Å². The molecule has 2 aromatic rings. The number of nitrogen functional groups attached to an aromatic ring is 1. The van der Waals surface area contributed by atoms with Crippen LogP contribution in [0.3, 0.4) is 0 Å². The molecule has 1 amide bonds. The van der Waals surface area contributed by atoms with Crippen LogP contribution in [-0.2, 0) is 6.54 Å². The average molecular weight is 268 g/mol. The summed E-state index contributed by atoms with van der Waals surface area (Å²) in [4.78, 5) is 14.4. The van der Waals surface area contributed by atoms with Crippen molar-refractivity contribution in [2.45, 2.75) is 20.4 Å². The van der Waals surface area contributed by atoms with Crippen LogP contribution in [0, 0.1) is 6.92 Å². The lowest BCUT2D eigenvalue weighted by molar-refractivity contribution is 0.0753. The number of aryl methyl sites for hydroxylation is 1. The molecule has 0 spiro atoms. The molecule has 0 saturated carbocycles. The quantitative estimate of drug-likeness (QED) is 0.865. The van der Waals surface area contributed by atoms with Crippen molar-refractivity contribution in [3.05, 3.63) is 65.2 Å². The van der Waals surface area contributed by atoms with Gasteiger partial charge in [-0.15, -0.1) is 0 Å². The summed E-state index contributed by atoms with van der Waals surface area (Å²) in [5.41, 5.74) is 9.26. The molecule has 0 fully saturated rings. The molecule has 0 aromatic heterocycles. The van der Waals surface area contributed by atoms with E-state index in [1.807, 2.05) is 56.3 Å². The summed E-state index contributed by atoms with van der Waals surface area (Å²) in [6, 6.07) is 15.5. The molecule has 2 aromatic carbocycles. The van der Waals surface area contributed by atoms with E-state index in [1.54, 1.807) is 11.0 Å². The Bertz CT molecular complexity index is 593. The number of carbonyl (C=O) groups excluding carboxylic acids is 1. The Kier molecular flexibility index (Phi) is 4.41. The number of anilines is 1. The van der Waals surface area contributed by atoms with Gasteiger partial charge >= 0.3 is 0 Å². The molecular weight excluding hydrogens is 248 g/mol. The lowest BCUT2D eigenvalue weighted by atomic mass is 10.1. The molecule has 0 bridgehead atoms. The van der Waals surface area contributed by atoms with Crippen LogP contribution in [-0.4, -0.2) is 17.4 Å². The Balaban J connectivity index is 2.21. The monoisotopic (exact) mass is 268 g/mol. The van der Waals surface area contributed by atoms with Crippen molar-refractivity contribution in [3.8, 4) is 0 Å². The summed E-state index contributed by atoms with van der Waals surface area (Å²) in [5, 5.41) is 0. The summed E-state index contributed by atoms with van der Waals surface area (Å²) in [5.74, 6) is -0.0196. The molecule has 0 unspecified atom stereocenters. The van der Waals surface area contributed by atoms with Gasteiger partial charge in [0.2, 0.25) is 0 Å². The maximum absolute atomic E-state index is 12.6. The van der Waals surface area contributed by atoms with Gasteiger partial charge in [-0.1, -0.05) is 36.4 Å². The molecule has 0 saturated heterocycles. The number of carbonyl (C=O) groups is 1. The Hall–Kier alpha value is -2.29. The van der Waals surface area contributed by atoms with Crippen molar-refractivity contribution < 1.29 is 4.79 Å². The first kappa shape index (κ1) is 14.1. The predicted octanol–water partition coefficient (Wildman–Crippen LogP) is 3.24. The molecule has 0 heterocycles. The second-order valence-corrected chi connectivity index (χ2v) is 4.90. The van der Waals surface area contributed by atoms with Crippen molar-refractivity contribution >= 4 is 11.6 Å². The van der Waals surface area contributed by atoms with Gasteiger partial charge in [0.25, 0.3) is 5.91 Å². The zero-order valence-corrected chi connectivity index (χ0v) is 12.0. The third-order valence-electron chi connectivity index (χ3n) is 3.32. The smallest absolute Gasteiger partial charge is 0.256 e. The van der Waals surface area contributed by atoms with Crippen molar-refractivity contribution in [1.82, 2.24) is 4.90 Å². The number of nitrogens with two attached hydrogens (primary N) is 1. The zero-order chi connectivity index (χ0) is 14.5. The van der Waals surface area contributed by atoms with Crippen LogP contribution >= 0.6 is 0 Å². The van der Waals surface area contributed by atoms with E-state index < -0.39 is 0 Å². The summed E-state index contributed by atoms with van der Waals surface area (Å²) in [7, 11) is 0. The molecule has 0 aliphatic rings. The first-order valence-electron chi connectivity index (χ1n) is 6.81. The van der Waals surface area contributed by atoms with Gasteiger partial charge in [-0.05, 0) is 37.1 Å². The highest BCUT2D eigenvalue weighted by Crippen LogP contribution is 2.17. The number of nitrogens with zero attached hydrogens (tertiary/aromatic N) is 1. The van der Waals surface area contributed by atoms with E-state index in [1.165, 1.54) is 0 Å². The van der Waals surface area contributed by atoms with Gasteiger partial charge in [-0.25, -0.2) is 0 Å². The highest BCUT2D eigenvalue weighted by Gasteiger charge is 2.16. The van der Waals surface area contributed by atoms with Crippen molar-refractivity contribution in [2.24, 2.45) is 0 Å². The summed E-state index contributed by atoms with van der Waals surface area (Å²) in [6.45, 7) is 5.20. The minimum Gasteiger partial charge on any atom is -0.398 e. The van der Waals surface area contributed by atoms with Crippen LogP contribution in [0.15, 0.2) is 48.5 Å². The summed E-state index contributed by atoms with van der Waals surface area (Å²) < 4.78 is 0. The number of rotatable bonds is 4. The SMILES string of the molecule is CCN(Cc1ccccc1)C(=O)c1ccc(C)cc1N. The first-order chi connectivity index (χ1) is 9.61. The standard InChI is InChI=1S/C17H20N2O/c1-3-19(12-14-7-5-4-6-8-14)17(20)15-10-9-13(2)11-16(15)18/h4-11H,3,12,18H2,1-2H3. The van der Waals surface area contributed by atoms with E-state index in [0.717, 1.165) is 11.1 Å². The molecule has 0 atom stereocenters. The van der Waals surface area contributed by atoms with Gasteiger partial charge < -0.3 is 10.6 Å². The molecule has 20 heavy (non-hydrogen) atoms. The van der Waals surface area contributed by atoms with Gasteiger partial charge in [0, 0.05) is 18.8 Å². The van der Waals surface area contributed by atoms with Gasteiger partial charge in [0.05, 0.1) is 5.56 Å². The third kappa shape index (κ3) is 3.18. The van der Waals surface area contributed by atoms with Gasteiger partial charge in [0.15, 0.2) is 0 Å². The topological polar surface area (TPSA) is 46.3 Å². The fourth-order valence-electron chi connectivity index (χ4n) is 2.18. The van der Waals surface area contributed by atoms with E-state index in [4.69, 9.17) is 5.73 Å². The minimum absolute atomic E-state index is 0.0196. The number of hydrogen-bond acceptors (Lipinski definition) is 2. The zero-order valence-electron chi connectivity index (χ0n) is 12.0. The maximum Gasteiger partial charge on any atom is 0.256 e. The highest BCUT2D eigenvalue weighted by atomic mass is 16.2. The normalized spacial score (nSPS) is 10.3. The second-order valence-electron chi connectivity index (χ2n) is 4.90. The molecule has 3 heteroatoms. The average Bonchev–Trinajstić information content (AvgIpc) is 2.45. The summed E-state index contributed by atoms with van der Waals surface area (Å²) in [6.07, 6.45) is 0. The number of benzene rings is 2. The fourth-order valence-corrected chi connectivity index (χ4v) is 2.18. The van der Waals surface area contributed by atoms with E-state index >= 15 is 0 Å². The Morgan fingerprint density at radius 2 is 1.85 bits per heavy atom. The Morgan fingerprint density at radius 3 is 2.45 bits per heavy atom. The van der Waals surface area contributed by atoms with Crippen LogP contribution in [0.5, 0.6) is 0 Å². The van der Waals surface area contributed by atoms with Crippen molar-refractivity contribution in [1.29, 1.82) is 0 Å². The molecule has 0 aliphatic heterocycles. The third-order valence-corrected chi connectivity index (χ3v) is 3.32. The lowest BCUT2D eigenvalue weighted by Crippen LogP contribution is -2.30. The van der Waals surface area contributed by atoms with E-state index in [9.17, 15) is 4.79 Å². The first-order valence-corrected chi connectivity index (χ1v) is 6.81. The molecule has 104 valence electrons. The molecule has 2 rings (SSSR count). The number of hydrogen-bond donors (Lipinski definition) is 1. The van der Waals surface area contributed by atoms with Crippen LogP contribution in [0.1, 0.15) is 28.4 Å². The molecule has 2 N–H and O–H groups in total. The highest BCUT2D eigenvalue weighted by molar-refractivity contribution is 5.99. The van der Waals surface area contributed by atoms with E-state index in [0.29, 0.717) is 24.3 Å². The van der Waals surface area contributed by atoms with Crippen LogP contribution in [0.2, 0.25) is 0 Å². The van der Waals surface area contributed by atoms with E-state index in [2.05, 4.69) is 0 Å². The fraction of sp³-hybridized carbons (Fsp3) is 0.235. The number of amides is 1. The molecular formula is C17H20N2O. The lowest BCUT2D eigenvalue weighted by Gasteiger charge is -2.22. The minimum atomic E-state index is -0.0196. The maximum atomic E-state index is 12.6. The van der Waals surface area contributed by atoms with Crippen LogP contribution in [0.25, 0.3) is 0 Å². The van der Waals surface area contributed by atoms with Crippen LogP contribution < -0.4 is 5.73 Å². The predicted molar refractivity (Wildman–Crippen MR) is 82.4 cm³/mol. The van der Waals surface area contributed by atoms with Gasteiger partial charge in [0.1, 0.15) is 0 Å². The van der Waals surface area contributed by atoms with Crippen molar-refractivity contribution in [2.75, 3.05) is 12.3 Å².